The summed E-state index contributed by atoms with van der Waals surface area (Å²) < 4.78 is 5.08. The van der Waals surface area contributed by atoms with Gasteiger partial charge in [0.25, 0.3) is 5.91 Å². The van der Waals surface area contributed by atoms with E-state index >= 15 is 0 Å². The topological polar surface area (TPSA) is 84.5 Å². The van der Waals surface area contributed by atoms with E-state index in [9.17, 15) is 14.4 Å². The summed E-state index contributed by atoms with van der Waals surface area (Å²) >= 11 is 0. The number of rotatable bonds is 10. The summed E-state index contributed by atoms with van der Waals surface area (Å²) in [7, 11) is 0. The first-order valence-corrected chi connectivity index (χ1v) is 9.84. The number of carbonyl (C=O) groups is 3. The molecule has 6 nitrogen and oxygen atoms in total. The second-order valence-electron chi connectivity index (χ2n) is 6.88. The molecule has 0 aliphatic carbocycles. The normalized spacial score (nSPS) is 11.4. The lowest BCUT2D eigenvalue weighted by atomic mass is 10.0. The van der Waals surface area contributed by atoms with Crippen LogP contribution in [0.25, 0.3) is 0 Å². The molecular formula is C23H28N2O4. The summed E-state index contributed by atoms with van der Waals surface area (Å²) in [5, 5.41) is 5.45. The molecular weight excluding hydrogens is 368 g/mol. The Kier molecular flexibility index (Phi) is 8.89. The van der Waals surface area contributed by atoms with Gasteiger partial charge in [-0.3, -0.25) is 14.4 Å². The van der Waals surface area contributed by atoms with Crippen LogP contribution in [0.3, 0.4) is 0 Å². The molecule has 0 bridgehead atoms. The van der Waals surface area contributed by atoms with Crippen LogP contribution >= 0.6 is 0 Å². The van der Waals surface area contributed by atoms with Crippen molar-refractivity contribution in [2.24, 2.45) is 0 Å². The Balaban J connectivity index is 1.82. The van der Waals surface area contributed by atoms with Gasteiger partial charge in [0.1, 0.15) is 0 Å². The van der Waals surface area contributed by atoms with Crippen molar-refractivity contribution in [3.8, 4) is 0 Å². The lowest BCUT2D eigenvalue weighted by Crippen LogP contribution is -2.29. The van der Waals surface area contributed by atoms with Crippen LogP contribution in [0.15, 0.2) is 54.6 Å². The second kappa shape index (κ2) is 11.6. The van der Waals surface area contributed by atoms with Crippen molar-refractivity contribution in [3.05, 3.63) is 65.7 Å². The highest BCUT2D eigenvalue weighted by molar-refractivity contribution is 5.92. The van der Waals surface area contributed by atoms with Crippen molar-refractivity contribution >= 4 is 23.5 Å². The molecule has 0 saturated heterocycles. The molecule has 29 heavy (non-hydrogen) atoms. The zero-order valence-corrected chi connectivity index (χ0v) is 16.9. The molecule has 2 aromatic rings. The molecule has 2 amide bonds. The summed E-state index contributed by atoms with van der Waals surface area (Å²) in [4.78, 5) is 35.6. The van der Waals surface area contributed by atoms with Crippen LogP contribution in [0.4, 0.5) is 5.69 Å². The number of esters is 1. The molecule has 0 saturated carbocycles. The van der Waals surface area contributed by atoms with Gasteiger partial charge in [-0.05, 0) is 36.1 Å². The molecule has 0 heterocycles. The van der Waals surface area contributed by atoms with Crippen LogP contribution in [0, 0.1) is 0 Å². The molecule has 1 atom stereocenters. The molecule has 154 valence electrons. The first-order chi connectivity index (χ1) is 14.0. The Morgan fingerprint density at radius 2 is 1.69 bits per heavy atom. The Morgan fingerprint density at radius 1 is 1.00 bits per heavy atom. The van der Waals surface area contributed by atoms with Gasteiger partial charge in [-0.15, -0.1) is 0 Å². The third-order valence-corrected chi connectivity index (χ3v) is 4.37. The average molecular weight is 396 g/mol. The SMILES string of the molecule is CCCCc1ccc(NC(=O)COC(=O)C[C@H](NC(C)=O)c2ccccc2)cc1. The summed E-state index contributed by atoms with van der Waals surface area (Å²) in [5.74, 6) is -1.21. The zero-order chi connectivity index (χ0) is 21.1. The minimum atomic E-state index is -0.558. The van der Waals surface area contributed by atoms with Gasteiger partial charge in [0.05, 0.1) is 12.5 Å². The van der Waals surface area contributed by atoms with Crippen LogP contribution in [-0.4, -0.2) is 24.4 Å². The van der Waals surface area contributed by atoms with Gasteiger partial charge in [-0.25, -0.2) is 0 Å². The standard InChI is InChI=1S/C23H28N2O4/c1-3-4-8-18-11-13-20(14-12-18)25-22(27)16-29-23(28)15-21(24-17(2)26)19-9-6-5-7-10-19/h5-7,9-14,21H,3-4,8,15-16H2,1-2H3,(H,24,26)(H,25,27)/t21-/m0/s1. The fourth-order valence-electron chi connectivity index (χ4n) is 2.89. The Hall–Kier alpha value is -3.15. The molecule has 0 radical (unpaired) electrons. The van der Waals surface area contributed by atoms with Crippen molar-refractivity contribution < 1.29 is 19.1 Å². The molecule has 0 unspecified atom stereocenters. The number of nitrogens with one attached hydrogen (secondary N) is 2. The van der Waals surface area contributed by atoms with Crippen molar-refractivity contribution in [2.75, 3.05) is 11.9 Å². The van der Waals surface area contributed by atoms with Crippen LogP contribution in [0.5, 0.6) is 0 Å². The maximum atomic E-state index is 12.2. The van der Waals surface area contributed by atoms with E-state index in [0.29, 0.717) is 5.69 Å². The maximum absolute atomic E-state index is 12.2. The van der Waals surface area contributed by atoms with E-state index in [1.165, 1.54) is 12.5 Å². The molecule has 2 N–H and O–H groups in total. The van der Waals surface area contributed by atoms with E-state index in [1.807, 2.05) is 54.6 Å². The number of ether oxygens (including phenoxy) is 1. The van der Waals surface area contributed by atoms with E-state index in [2.05, 4.69) is 17.6 Å². The number of anilines is 1. The Labute approximate surface area is 171 Å². The van der Waals surface area contributed by atoms with Gasteiger partial charge < -0.3 is 15.4 Å². The van der Waals surface area contributed by atoms with Gasteiger partial charge in [0.2, 0.25) is 5.91 Å². The monoisotopic (exact) mass is 396 g/mol. The van der Waals surface area contributed by atoms with Crippen LogP contribution in [-0.2, 0) is 25.5 Å². The maximum Gasteiger partial charge on any atom is 0.308 e. The predicted molar refractivity (Wildman–Crippen MR) is 112 cm³/mol. The number of benzene rings is 2. The fraction of sp³-hybridized carbons (Fsp3) is 0.348. The van der Waals surface area contributed by atoms with Gasteiger partial charge in [-0.1, -0.05) is 55.8 Å². The number of carbonyl (C=O) groups excluding carboxylic acids is 3. The number of aryl methyl sites for hydroxylation is 1. The van der Waals surface area contributed by atoms with E-state index < -0.39 is 17.9 Å². The van der Waals surface area contributed by atoms with Crippen molar-refractivity contribution in [1.82, 2.24) is 5.32 Å². The highest BCUT2D eigenvalue weighted by Crippen LogP contribution is 2.17. The lowest BCUT2D eigenvalue weighted by molar-refractivity contribution is -0.148. The zero-order valence-electron chi connectivity index (χ0n) is 16.9. The minimum Gasteiger partial charge on any atom is -0.455 e. The molecule has 0 aliphatic rings. The molecule has 0 spiro atoms. The van der Waals surface area contributed by atoms with Gasteiger partial charge >= 0.3 is 5.97 Å². The van der Waals surface area contributed by atoms with Crippen LogP contribution in [0.2, 0.25) is 0 Å². The number of hydrogen-bond donors (Lipinski definition) is 2. The van der Waals surface area contributed by atoms with Crippen molar-refractivity contribution in [2.45, 2.75) is 45.6 Å². The van der Waals surface area contributed by atoms with Gasteiger partial charge in [-0.2, -0.15) is 0 Å². The molecule has 0 aliphatic heterocycles. The first-order valence-electron chi connectivity index (χ1n) is 9.84. The van der Waals surface area contributed by atoms with Crippen molar-refractivity contribution in [1.29, 1.82) is 0 Å². The average Bonchev–Trinajstić information content (AvgIpc) is 2.71. The van der Waals surface area contributed by atoms with Crippen LogP contribution < -0.4 is 10.6 Å². The van der Waals surface area contributed by atoms with Gasteiger partial charge in [0, 0.05) is 12.6 Å². The Bertz CT molecular complexity index is 803. The van der Waals surface area contributed by atoms with E-state index in [-0.39, 0.29) is 18.9 Å². The van der Waals surface area contributed by atoms with E-state index in [0.717, 1.165) is 24.8 Å². The molecule has 2 aromatic carbocycles. The second-order valence-corrected chi connectivity index (χ2v) is 6.88. The highest BCUT2D eigenvalue weighted by Gasteiger charge is 2.18. The third kappa shape index (κ3) is 8.17. The third-order valence-electron chi connectivity index (χ3n) is 4.37. The predicted octanol–water partition coefficient (Wildman–Crippen LogP) is 3.78. The quantitative estimate of drug-likeness (QED) is 0.599. The molecule has 6 heteroatoms. The number of unbranched alkanes of at least 4 members (excludes halogenated alkanes) is 1. The molecule has 0 aromatic heterocycles. The summed E-state index contributed by atoms with van der Waals surface area (Å²) in [6.07, 6.45) is 3.23. The van der Waals surface area contributed by atoms with E-state index in [1.54, 1.807) is 0 Å². The molecule has 0 fully saturated rings. The minimum absolute atomic E-state index is 0.0526. The van der Waals surface area contributed by atoms with Crippen molar-refractivity contribution in [3.63, 3.8) is 0 Å². The smallest absolute Gasteiger partial charge is 0.308 e. The summed E-state index contributed by atoms with van der Waals surface area (Å²) in [6.45, 7) is 3.16. The molecule has 2 rings (SSSR count). The lowest BCUT2D eigenvalue weighted by Gasteiger charge is -2.17. The van der Waals surface area contributed by atoms with Gasteiger partial charge in [0.15, 0.2) is 6.61 Å². The first kappa shape index (κ1) is 22.1. The number of hydrogen-bond acceptors (Lipinski definition) is 4. The summed E-state index contributed by atoms with van der Waals surface area (Å²) in [5.41, 5.74) is 2.68. The highest BCUT2D eigenvalue weighted by atomic mass is 16.5. The fourth-order valence-corrected chi connectivity index (χ4v) is 2.89. The summed E-state index contributed by atoms with van der Waals surface area (Å²) in [6, 6.07) is 16.3. The van der Waals surface area contributed by atoms with Crippen LogP contribution in [0.1, 0.15) is 50.3 Å². The Morgan fingerprint density at radius 3 is 2.31 bits per heavy atom. The number of amides is 2. The largest absolute Gasteiger partial charge is 0.455 e. The van der Waals surface area contributed by atoms with E-state index in [4.69, 9.17) is 4.74 Å².